The van der Waals surface area contributed by atoms with Gasteiger partial charge in [-0.1, -0.05) is 52.9 Å². The van der Waals surface area contributed by atoms with Gasteiger partial charge in [-0.3, -0.25) is 9.59 Å². The van der Waals surface area contributed by atoms with Gasteiger partial charge in [-0.2, -0.15) is 0 Å². The Bertz CT molecular complexity index is 1700. The van der Waals surface area contributed by atoms with E-state index in [1.54, 1.807) is 11.1 Å². The van der Waals surface area contributed by atoms with Crippen LogP contribution in [0.2, 0.25) is 0 Å². The molecular formula is C36H42F3IN6O6. The lowest BCUT2D eigenvalue weighted by atomic mass is 9.84. The van der Waals surface area contributed by atoms with Crippen molar-refractivity contribution in [3.8, 4) is 11.3 Å². The van der Waals surface area contributed by atoms with E-state index in [2.05, 4.69) is 16.0 Å². The van der Waals surface area contributed by atoms with Gasteiger partial charge >= 0.3 is 6.09 Å². The summed E-state index contributed by atoms with van der Waals surface area (Å²) in [4.78, 5) is 45.4. The number of hydrogen-bond donors (Lipinski definition) is 3. The number of hydrogen-bond acceptors (Lipinski definition) is 8. The lowest BCUT2D eigenvalue weighted by Gasteiger charge is -2.45. The molecule has 12 nitrogen and oxygen atoms in total. The SMILES string of the molecule is O=C(CI)NCCOCCNC(=O)O[C@@H]1C(=O)N([C@@H](c2nc(-c3cc(F)ccc3F)cn2Cc2ccccc2)C2CCOCC2)C[C@@H]2C1NC[C@@H]2F. The number of halogens is 4. The van der Waals surface area contributed by atoms with Gasteiger partial charge in [0.05, 0.1) is 35.4 Å². The molecule has 0 aliphatic carbocycles. The van der Waals surface area contributed by atoms with Crippen molar-refractivity contribution in [3.63, 3.8) is 0 Å². The number of nitrogens with zero attached hydrogens (tertiary/aromatic N) is 3. The highest BCUT2D eigenvalue weighted by Gasteiger charge is 2.54. The number of fused-ring (bicyclic) bond motifs is 1. The number of aromatic nitrogens is 2. The zero-order valence-electron chi connectivity index (χ0n) is 28.4. The Kier molecular flexibility index (Phi) is 13.0. The number of benzene rings is 2. The highest BCUT2D eigenvalue weighted by molar-refractivity contribution is 14.1. The predicted molar refractivity (Wildman–Crippen MR) is 192 cm³/mol. The van der Waals surface area contributed by atoms with Crippen LogP contribution < -0.4 is 16.0 Å². The number of rotatable bonds is 14. The second-order valence-electron chi connectivity index (χ2n) is 13.1. The number of ether oxygens (including phenoxy) is 3. The van der Waals surface area contributed by atoms with E-state index in [-0.39, 0.29) is 55.9 Å². The number of carbonyl (C=O) groups is 3. The van der Waals surface area contributed by atoms with Crippen LogP contribution >= 0.6 is 22.6 Å². The van der Waals surface area contributed by atoms with Gasteiger partial charge < -0.3 is 39.6 Å². The van der Waals surface area contributed by atoms with Crippen LogP contribution in [-0.4, -0.2) is 108 Å². The van der Waals surface area contributed by atoms with Crippen molar-refractivity contribution in [1.82, 2.24) is 30.4 Å². The third-order valence-electron chi connectivity index (χ3n) is 9.69. The zero-order chi connectivity index (χ0) is 36.6. The smallest absolute Gasteiger partial charge is 0.408 e. The molecule has 3 aliphatic heterocycles. The average molecular weight is 839 g/mol. The minimum absolute atomic E-state index is 0.00651. The molecule has 280 valence electrons. The molecule has 0 radical (unpaired) electrons. The molecule has 0 bridgehead atoms. The van der Waals surface area contributed by atoms with Crippen molar-refractivity contribution in [2.24, 2.45) is 11.8 Å². The van der Waals surface area contributed by atoms with E-state index in [1.165, 1.54) is 0 Å². The topological polar surface area (TPSA) is 136 Å². The molecule has 3 aliphatic rings. The number of amides is 3. The van der Waals surface area contributed by atoms with Gasteiger partial charge in [-0.25, -0.2) is 22.9 Å². The summed E-state index contributed by atoms with van der Waals surface area (Å²) in [5, 5.41) is 8.33. The summed E-state index contributed by atoms with van der Waals surface area (Å²) in [5.74, 6) is -2.33. The number of carbonyl (C=O) groups excluding carboxylic acids is 3. The first kappa shape index (κ1) is 38.0. The summed E-state index contributed by atoms with van der Waals surface area (Å²) in [6.45, 7) is 2.01. The van der Waals surface area contributed by atoms with Gasteiger partial charge in [0.2, 0.25) is 5.91 Å². The quantitative estimate of drug-likeness (QED) is 0.127. The van der Waals surface area contributed by atoms with Gasteiger partial charge in [0.15, 0.2) is 6.10 Å². The monoisotopic (exact) mass is 838 g/mol. The van der Waals surface area contributed by atoms with Crippen LogP contribution in [0, 0.1) is 23.5 Å². The second kappa shape index (κ2) is 17.9. The van der Waals surface area contributed by atoms with Gasteiger partial charge in [0.1, 0.15) is 23.6 Å². The molecule has 3 N–H and O–H groups in total. The zero-order valence-corrected chi connectivity index (χ0v) is 30.6. The summed E-state index contributed by atoms with van der Waals surface area (Å²) < 4.78 is 64.1. The Hall–Kier alpha value is -3.74. The highest BCUT2D eigenvalue weighted by Crippen LogP contribution is 2.41. The summed E-state index contributed by atoms with van der Waals surface area (Å²) in [7, 11) is 0. The van der Waals surface area contributed by atoms with Gasteiger partial charge in [-0.15, -0.1) is 0 Å². The van der Waals surface area contributed by atoms with E-state index >= 15 is 8.78 Å². The van der Waals surface area contributed by atoms with Gasteiger partial charge in [-0.05, 0) is 42.5 Å². The van der Waals surface area contributed by atoms with E-state index in [1.807, 2.05) is 57.5 Å². The molecule has 1 unspecified atom stereocenters. The number of nitrogens with one attached hydrogen (secondary N) is 3. The third kappa shape index (κ3) is 9.06. The van der Waals surface area contributed by atoms with Crippen LogP contribution in [-0.2, 0) is 30.3 Å². The van der Waals surface area contributed by atoms with Crippen molar-refractivity contribution in [2.45, 2.75) is 43.7 Å². The molecule has 6 rings (SSSR count). The molecule has 0 saturated carbocycles. The van der Waals surface area contributed by atoms with Crippen molar-refractivity contribution in [2.75, 3.05) is 57.0 Å². The number of piperidine rings is 1. The standard InChI is InChI=1S/C36H42F3IN6O6/c37-24-6-7-27(38)25(16-24)29-21-45(19-22-4-2-1-3-5-22)34(44-29)32(23-8-12-50-13-9-23)46-20-26-28(39)18-43-31(26)33(35(46)48)52-36(49)42-11-15-51-14-10-41-30(47)17-40/h1-7,16,21,23,26,28,31-33,43H,8-15,17-20H2,(H,41,47)(H,42,49)/t26-,28-,31?,32+,33-/m0/s1. The lowest BCUT2D eigenvalue weighted by Crippen LogP contribution is -2.62. The number of likely N-dealkylation sites (tertiary alicyclic amines) is 1. The van der Waals surface area contributed by atoms with Crippen molar-refractivity contribution < 1.29 is 41.8 Å². The van der Waals surface area contributed by atoms with Gasteiger partial charge in [0, 0.05) is 63.6 Å². The molecule has 3 fully saturated rings. The minimum atomic E-state index is -1.34. The number of imidazole rings is 1. The molecule has 0 spiro atoms. The minimum Gasteiger partial charge on any atom is -0.434 e. The predicted octanol–water partition coefficient (Wildman–Crippen LogP) is 3.78. The van der Waals surface area contributed by atoms with E-state index in [9.17, 15) is 18.8 Å². The first-order valence-corrected chi connectivity index (χ1v) is 18.9. The Morgan fingerprint density at radius 1 is 1.08 bits per heavy atom. The highest BCUT2D eigenvalue weighted by atomic mass is 127. The molecule has 5 atom stereocenters. The molecule has 1 aromatic heterocycles. The van der Waals surface area contributed by atoms with Crippen molar-refractivity contribution in [1.29, 1.82) is 0 Å². The summed E-state index contributed by atoms with van der Waals surface area (Å²) in [6, 6.07) is 11.2. The Labute approximate surface area is 313 Å². The van der Waals surface area contributed by atoms with Gasteiger partial charge in [0.25, 0.3) is 5.91 Å². The fraction of sp³-hybridized carbons (Fsp3) is 0.500. The van der Waals surface area contributed by atoms with E-state index < -0.39 is 53.9 Å². The maximum Gasteiger partial charge on any atom is 0.408 e. The summed E-state index contributed by atoms with van der Waals surface area (Å²) >= 11 is 1.96. The first-order valence-electron chi connectivity index (χ1n) is 17.4. The van der Waals surface area contributed by atoms with Crippen LogP contribution in [0.5, 0.6) is 0 Å². The molecule has 4 heterocycles. The molecule has 3 aromatic rings. The Morgan fingerprint density at radius 3 is 2.58 bits per heavy atom. The normalized spacial score (nSPS) is 22.5. The van der Waals surface area contributed by atoms with Crippen molar-refractivity contribution >= 4 is 40.5 Å². The molecule has 3 saturated heterocycles. The van der Waals surface area contributed by atoms with E-state index in [4.69, 9.17) is 19.2 Å². The molecular weight excluding hydrogens is 796 g/mol. The fourth-order valence-corrected chi connectivity index (χ4v) is 7.44. The van der Waals surface area contributed by atoms with Crippen LogP contribution in [0.4, 0.5) is 18.0 Å². The first-order chi connectivity index (χ1) is 25.2. The van der Waals surface area contributed by atoms with Crippen LogP contribution in [0.3, 0.4) is 0 Å². The fourth-order valence-electron chi connectivity index (χ4n) is 7.17. The second-order valence-corrected chi connectivity index (χ2v) is 13.8. The van der Waals surface area contributed by atoms with E-state index in [0.717, 1.165) is 23.8 Å². The summed E-state index contributed by atoms with van der Waals surface area (Å²) in [5.41, 5.74) is 1.08. The molecule has 16 heteroatoms. The van der Waals surface area contributed by atoms with E-state index in [0.29, 0.717) is 49.4 Å². The average Bonchev–Trinajstić information content (AvgIpc) is 3.73. The van der Waals surface area contributed by atoms with Crippen LogP contribution in [0.15, 0.2) is 54.7 Å². The van der Waals surface area contributed by atoms with Crippen LogP contribution in [0.25, 0.3) is 11.3 Å². The largest absolute Gasteiger partial charge is 0.434 e. The van der Waals surface area contributed by atoms with Crippen LogP contribution in [0.1, 0.15) is 30.3 Å². The molecule has 2 aromatic carbocycles. The lowest BCUT2D eigenvalue weighted by molar-refractivity contribution is -0.155. The number of alkyl carbamates (subject to hydrolysis) is 1. The third-order valence-corrected chi connectivity index (χ3v) is 10.4. The molecule has 3 amide bonds. The number of alkyl halides is 2. The molecule has 52 heavy (non-hydrogen) atoms. The Balaban J connectivity index is 1.29. The maximum absolute atomic E-state index is 15.6. The Morgan fingerprint density at radius 2 is 1.83 bits per heavy atom. The van der Waals surface area contributed by atoms with Crippen molar-refractivity contribution in [3.05, 3.63) is 77.8 Å². The summed E-state index contributed by atoms with van der Waals surface area (Å²) in [6.07, 6.45) is -0.733. The maximum atomic E-state index is 15.6.